The monoisotopic (exact) mass is 265 g/mol. The minimum atomic E-state index is -0.419. The zero-order valence-corrected chi connectivity index (χ0v) is 10.3. The molecule has 6 heteroatoms. The normalized spacial score (nSPS) is 10.3. The van der Waals surface area contributed by atoms with Crippen LogP contribution in [-0.2, 0) is 6.42 Å². The van der Waals surface area contributed by atoms with E-state index in [1.165, 1.54) is 29.5 Å². The highest BCUT2D eigenvalue weighted by molar-refractivity contribution is 7.15. The van der Waals surface area contributed by atoms with Crippen LogP contribution in [0.4, 0.5) is 9.52 Å². The molecule has 1 aromatic heterocycles. The number of halogens is 1. The molecule has 0 aliphatic rings. The van der Waals surface area contributed by atoms with Gasteiger partial charge in [-0.25, -0.2) is 9.37 Å². The molecule has 0 aliphatic carbocycles. The Balaban J connectivity index is 1.85. The van der Waals surface area contributed by atoms with Crippen molar-refractivity contribution in [2.75, 3.05) is 12.3 Å². The molecule has 94 valence electrons. The molecular formula is C12H12FN3OS. The van der Waals surface area contributed by atoms with E-state index in [9.17, 15) is 9.18 Å². The highest BCUT2D eigenvalue weighted by Gasteiger charge is 2.06. The lowest BCUT2D eigenvalue weighted by Gasteiger charge is -2.03. The van der Waals surface area contributed by atoms with Gasteiger partial charge in [-0.1, -0.05) is 6.07 Å². The summed E-state index contributed by atoms with van der Waals surface area (Å²) < 4.78 is 12.9. The average Bonchev–Trinajstić information content (AvgIpc) is 2.75. The summed E-state index contributed by atoms with van der Waals surface area (Å²) in [4.78, 5) is 16.6. The van der Waals surface area contributed by atoms with Crippen LogP contribution in [0.3, 0.4) is 0 Å². The van der Waals surface area contributed by atoms with E-state index in [-0.39, 0.29) is 5.91 Å². The Morgan fingerprint density at radius 3 is 3.00 bits per heavy atom. The van der Waals surface area contributed by atoms with Crippen LogP contribution in [0.5, 0.6) is 0 Å². The Morgan fingerprint density at radius 1 is 1.50 bits per heavy atom. The van der Waals surface area contributed by atoms with Gasteiger partial charge in [-0.15, -0.1) is 11.3 Å². The third-order valence-electron chi connectivity index (χ3n) is 2.32. The first-order chi connectivity index (χ1) is 8.65. The molecule has 1 amide bonds. The fraction of sp³-hybridized carbons (Fsp3) is 0.167. The van der Waals surface area contributed by atoms with E-state index in [1.54, 1.807) is 12.3 Å². The zero-order chi connectivity index (χ0) is 13.0. The number of aromatic nitrogens is 1. The largest absolute Gasteiger partial charge is 0.375 e. The molecule has 0 aliphatic heterocycles. The van der Waals surface area contributed by atoms with Gasteiger partial charge >= 0.3 is 0 Å². The van der Waals surface area contributed by atoms with Gasteiger partial charge in [0.1, 0.15) is 5.82 Å². The van der Waals surface area contributed by atoms with E-state index < -0.39 is 5.82 Å². The maximum absolute atomic E-state index is 12.9. The second kappa shape index (κ2) is 5.59. The van der Waals surface area contributed by atoms with Crippen LogP contribution in [0.25, 0.3) is 0 Å². The standard InChI is InChI=1S/C12H12FN3OS/c13-9-3-1-2-8(6-9)11(17)15-5-4-10-7-16-12(14)18-10/h1-3,6-7H,4-5H2,(H2,14,16)(H,15,17). The van der Waals surface area contributed by atoms with Gasteiger partial charge in [0.25, 0.3) is 5.91 Å². The highest BCUT2D eigenvalue weighted by atomic mass is 32.1. The van der Waals surface area contributed by atoms with Crippen LogP contribution in [-0.4, -0.2) is 17.4 Å². The number of nitrogens with two attached hydrogens (primary N) is 1. The number of anilines is 1. The van der Waals surface area contributed by atoms with E-state index in [2.05, 4.69) is 10.3 Å². The van der Waals surface area contributed by atoms with Gasteiger partial charge in [-0.3, -0.25) is 4.79 Å². The van der Waals surface area contributed by atoms with Crippen LogP contribution in [0.2, 0.25) is 0 Å². The van der Waals surface area contributed by atoms with Crippen molar-refractivity contribution in [2.24, 2.45) is 0 Å². The molecule has 1 aromatic carbocycles. The highest BCUT2D eigenvalue weighted by Crippen LogP contribution is 2.14. The molecule has 4 nitrogen and oxygen atoms in total. The van der Waals surface area contributed by atoms with Gasteiger partial charge in [-0.2, -0.15) is 0 Å². The minimum absolute atomic E-state index is 0.285. The third-order valence-corrected chi connectivity index (χ3v) is 3.20. The number of rotatable bonds is 4. The van der Waals surface area contributed by atoms with E-state index >= 15 is 0 Å². The molecule has 0 atom stereocenters. The molecule has 1 heterocycles. The van der Waals surface area contributed by atoms with Crippen molar-refractivity contribution in [3.8, 4) is 0 Å². The fourth-order valence-electron chi connectivity index (χ4n) is 1.47. The molecule has 2 rings (SSSR count). The summed E-state index contributed by atoms with van der Waals surface area (Å²) in [7, 11) is 0. The van der Waals surface area contributed by atoms with E-state index in [4.69, 9.17) is 5.73 Å². The number of nitrogens with zero attached hydrogens (tertiary/aromatic N) is 1. The quantitative estimate of drug-likeness (QED) is 0.886. The Kier molecular flexibility index (Phi) is 3.88. The maximum atomic E-state index is 12.9. The van der Waals surface area contributed by atoms with Crippen LogP contribution in [0, 0.1) is 5.82 Å². The number of carbonyl (C=O) groups excluding carboxylic acids is 1. The molecule has 0 bridgehead atoms. The van der Waals surface area contributed by atoms with E-state index in [0.717, 1.165) is 4.88 Å². The Hall–Kier alpha value is -1.95. The fourth-order valence-corrected chi connectivity index (χ4v) is 2.15. The van der Waals surface area contributed by atoms with Gasteiger partial charge in [-0.05, 0) is 18.2 Å². The second-order valence-electron chi connectivity index (χ2n) is 3.68. The molecule has 0 unspecified atom stereocenters. The summed E-state index contributed by atoms with van der Waals surface area (Å²) in [6.07, 6.45) is 2.35. The average molecular weight is 265 g/mol. The topological polar surface area (TPSA) is 68.0 Å². The summed E-state index contributed by atoms with van der Waals surface area (Å²) in [6, 6.07) is 5.59. The van der Waals surface area contributed by atoms with Gasteiger partial charge in [0.05, 0.1) is 0 Å². The Morgan fingerprint density at radius 2 is 2.33 bits per heavy atom. The van der Waals surface area contributed by atoms with E-state index in [1.807, 2.05) is 0 Å². The predicted octanol–water partition coefficient (Wildman–Crippen LogP) is 1.84. The number of amides is 1. The molecule has 3 N–H and O–H groups in total. The second-order valence-corrected chi connectivity index (χ2v) is 4.83. The van der Waals surface area contributed by atoms with E-state index in [0.29, 0.717) is 23.7 Å². The number of carbonyl (C=O) groups is 1. The molecular weight excluding hydrogens is 253 g/mol. The Bertz CT molecular complexity index is 556. The van der Waals surface area contributed by atoms with Crippen molar-refractivity contribution in [3.63, 3.8) is 0 Å². The van der Waals surface area contributed by atoms with Crippen LogP contribution >= 0.6 is 11.3 Å². The summed E-state index contributed by atoms with van der Waals surface area (Å²) in [6.45, 7) is 0.469. The summed E-state index contributed by atoms with van der Waals surface area (Å²) >= 11 is 1.39. The number of hydrogen-bond donors (Lipinski definition) is 2. The first-order valence-electron chi connectivity index (χ1n) is 5.39. The summed E-state index contributed by atoms with van der Waals surface area (Å²) in [5, 5.41) is 3.23. The van der Waals surface area contributed by atoms with Crippen LogP contribution < -0.4 is 11.1 Å². The van der Waals surface area contributed by atoms with Crippen molar-refractivity contribution in [1.82, 2.24) is 10.3 Å². The number of thiazole rings is 1. The number of nitrogen functional groups attached to an aromatic ring is 1. The molecule has 2 aromatic rings. The van der Waals surface area contributed by atoms with Crippen LogP contribution in [0.1, 0.15) is 15.2 Å². The van der Waals surface area contributed by atoms with Crippen molar-refractivity contribution in [2.45, 2.75) is 6.42 Å². The van der Waals surface area contributed by atoms with Crippen molar-refractivity contribution >= 4 is 22.4 Å². The predicted molar refractivity (Wildman–Crippen MR) is 69.0 cm³/mol. The van der Waals surface area contributed by atoms with Crippen LogP contribution in [0.15, 0.2) is 30.5 Å². The molecule has 0 fully saturated rings. The smallest absolute Gasteiger partial charge is 0.251 e. The lowest BCUT2D eigenvalue weighted by Crippen LogP contribution is -2.25. The lowest BCUT2D eigenvalue weighted by molar-refractivity contribution is 0.0953. The summed E-state index contributed by atoms with van der Waals surface area (Å²) in [5.41, 5.74) is 5.81. The number of hydrogen-bond acceptors (Lipinski definition) is 4. The first-order valence-corrected chi connectivity index (χ1v) is 6.21. The number of nitrogens with one attached hydrogen (secondary N) is 1. The SMILES string of the molecule is Nc1ncc(CCNC(=O)c2cccc(F)c2)s1. The molecule has 0 radical (unpaired) electrons. The van der Waals surface area contributed by atoms with Gasteiger partial charge in [0.2, 0.25) is 0 Å². The number of benzene rings is 1. The minimum Gasteiger partial charge on any atom is -0.375 e. The lowest BCUT2D eigenvalue weighted by atomic mass is 10.2. The Labute approximate surface area is 108 Å². The maximum Gasteiger partial charge on any atom is 0.251 e. The molecule has 0 saturated carbocycles. The van der Waals surface area contributed by atoms with Gasteiger partial charge in [0, 0.05) is 29.6 Å². The van der Waals surface area contributed by atoms with Crippen molar-refractivity contribution in [1.29, 1.82) is 0 Å². The van der Waals surface area contributed by atoms with Crippen molar-refractivity contribution in [3.05, 3.63) is 46.7 Å². The molecule has 0 spiro atoms. The third kappa shape index (κ3) is 3.27. The van der Waals surface area contributed by atoms with Crippen molar-refractivity contribution < 1.29 is 9.18 Å². The van der Waals surface area contributed by atoms with Gasteiger partial charge in [0.15, 0.2) is 5.13 Å². The first kappa shape index (κ1) is 12.5. The van der Waals surface area contributed by atoms with Gasteiger partial charge < -0.3 is 11.1 Å². The molecule has 0 saturated heterocycles. The zero-order valence-electron chi connectivity index (χ0n) is 9.52. The summed E-state index contributed by atoms with van der Waals surface area (Å²) in [5.74, 6) is -0.704. The molecule has 18 heavy (non-hydrogen) atoms.